The first-order valence-corrected chi connectivity index (χ1v) is 6.87. The molecule has 0 saturated heterocycles. The molecule has 1 heterocycles. The molecule has 20 heavy (non-hydrogen) atoms. The Labute approximate surface area is 124 Å². The molecule has 0 saturated carbocycles. The number of ether oxygens (including phenoxy) is 1. The van der Waals surface area contributed by atoms with E-state index < -0.39 is 11.8 Å². The number of carbonyl (C=O) groups is 1. The third-order valence-corrected chi connectivity index (χ3v) is 3.33. The highest BCUT2D eigenvalue weighted by Gasteiger charge is 2.14. The van der Waals surface area contributed by atoms with Gasteiger partial charge in [-0.05, 0) is 25.1 Å². The summed E-state index contributed by atoms with van der Waals surface area (Å²) in [7, 11) is 0. The Balaban J connectivity index is 2.08. The molecule has 106 valence electrons. The Morgan fingerprint density at radius 1 is 1.45 bits per heavy atom. The average molecular weight is 341 g/mol. The predicted molar refractivity (Wildman–Crippen MR) is 77.7 cm³/mol. The molecule has 0 amide bonds. The number of anilines is 1. The maximum atomic E-state index is 13.6. The molecule has 0 aliphatic heterocycles. The second-order valence-electron chi connectivity index (χ2n) is 4.26. The lowest BCUT2D eigenvalue weighted by Crippen LogP contribution is -2.11. The number of benzene rings is 1. The summed E-state index contributed by atoms with van der Waals surface area (Å²) in [5, 5.41) is 0. The van der Waals surface area contributed by atoms with Crippen LogP contribution in [0.3, 0.4) is 0 Å². The van der Waals surface area contributed by atoms with E-state index in [1.807, 2.05) is 6.92 Å². The summed E-state index contributed by atoms with van der Waals surface area (Å²) in [6.45, 7) is 2.38. The van der Waals surface area contributed by atoms with Gasteiger partial charge in [0, 0.05) is 22.8 Å². The number of hydrogen-bond acceptors (Lipinski definition) is 3. The molecule has 0 radical (unpaired) electrons. The number of nitrogen functional groups attached to an aromatic ring is 1. The molecule has 0 aliphatic rings. The Hall–Kier alpha value is -1.82. The van der Waals surface area contributed by atoms with Gasteiger partial charge in [-0.1, -0.05) is 22.0 Å². The molecule has 0 spiro atoms. The number of nitrogens with zero attached hydrogens (tertiary/aromatic N) is 1. The number of esters is 1. The van der Waals surface area contributed by atoms with Crippen LogP contribution in [-0.2, 0) is 17.9 Å². The lowest BCUT2D eigenvalue weighted by Gasteiger charge is -2.08. The van der Waals surface area contributed by atoms with Gasteiger partial charge in [0.15, 0.2) is 0 Å². The van der Waals surface area contributed by atoms with E-state index in [2.05, 4.69) is 15.9 Å². The Bertz CT molecular complexity index is 640. The van der Waals surface area contributed by atoms with Crippen LogP contribution in [0, 0.1) is 5.82 Å². The molecule has 4 nitrogen and oxygen atoms in total. The van der Waals surface area contributed by atoms with Crippen molar-refractivity contribution in [2.45, 2.75) is 20.1 Å². The van der Waals surface area contributed by atoms with E-state index in [9.17, 15) is 9.18 Å². The maximum Gasteiger partial charge on any atom is 0.355 e. The fourth-order valence-electron chi connectivity index (χ4n) is 1.82. The van der Waals surface area contributed by atoms with Crippen molar-refractivity contribution in [3.63, 3.8) is 0 Å². The zero-order chi connectivity index (χ0) is 14.7. The molecular formula is C14H14BrFN2O2. The van der Waals surface area contributed by atoms with Gasteiger partial charge in [0.05, 0.1) is 5.69 Å². The van der Waals surface area contributed by atoms with Crippen molar-refractivity contribution in [3.05, 3.63) is 52.0 Å². The van der Waals surface area contributed by atoms with Crippen LogP contribution in [0.4, 0.5) is 10.1 Å². The van der Waals surface area contributed by atoms with Crippen LogP contribution in [-0.4, -0.2) is 10.5 Å². The molecule has 0 unspecified atom stereocenters. The van der Waals surface area contributed by atoms with Crippen molar-refractivity contribution >= 4 is 27.6 Å². The van der Waals surface area contributed by atoms with Gasteiger partial charge < -0.3 is 15.0 Å². The molecule has 2 N–H and O–H groups in total. The van der Waals surface area contributed by atoms with Crippen LogP contribution in [0.15, 0.2) is 34.9 Å². The van der Waals surface area contributed by atoms with Gasteiger partial charge in [-0.2, -0.15) is 0 Å². The highest BCUT2D eigenvalue weighted by Crippen LogP contribution is 2.17. The molecule has 0 fully saturated rings. The van der Waals surface area contributed by atoms with Gasteiger partial charge in [0.2, 0.25) is 0 Å². The first kappa shape index (κ1) is 14.6. The van der Waals surface area contributed by atoms with Crippen LogP contribution >= 0.6 is 15.9 Å². The predicted octanol–water partition coefficient (Wildman–Crippen LogP) is 3.35. The number of nitrogens with two attached hydrogens (primary N) is 1. The standard InChI is InChI=1S/C14H14BrFN2O2/c1-2-18-7-11(17)6-13(18)14(19)20-8-9-3-4-10(15)5-12(9)16/h3-7H,2,8,17H2,1H3. The molecule has 6 heteroatoms. The normalized spacial score (nSPS) is 10.6. The molecule has 0 aliphatic carbocycles. The summed E-state index contributed by atoms with van der Waals surface area (Å²) in [6, 6.07) is 6.14. The van der Waals surface area contributed by atoms with Crippen LogP contribution in [0.1, 0.15) is 23.0 Å². The summed E-state index contributed by atoms with van der Waals surface area (Å²) < 4.78 is 21.1. The molecule has 1 aromatic carbocycles. The zero-order valence-electron chi connectivity index (χ0n) is 10.9. The van der Waals surface area contributed by atoms with Crippen molar-refractivity contribution < 1.29 is 13.9 Å². The van der Waals surface area contributed by atoms with Crippen molar-refractivity contribution in [3.8, 4) is 0 Å². The second-order valence-corrected chi connectivity index (χ2v) is 5.17. The summed E-state index contributed by atoms with van der Waals surface area (Å²) in [5.74, 6) is -0.941. The number of aryl methyl sites for hydroxylation is 1. The third kappa shape index (κ3) is 3.19. The molecule has 2 aromatic rings. The van der Waals surface area contributed by atoms with Crippen molar-refractivity contribution in [2.75, 3.05) is 5.73 Å². The molecule has 2 rings (SSSR count). The second kappa shape index (κ2) is 6.09. The summed E-state index contributed by atoms with van der Waals surface area (Å²) in [6.07, 6.45) is 1.66. The Morgan fingerprint density at radius 2 is 2.20 bits per heavy atom. The fraction of sp³-hybridized carbons (Fsp3) is 0.214. The number of carbonyl (C=O) groups excluding carboxylic acids is 1. The van der Waals surface area contributed by atoms with Crippen LogP contribution < -0.4 is 5.73 Å². The van der Waals surface area contributed by atoms with E-state index in [4.69, 9.17) is 10.5 Å². The lowest BCUT2D eigenvalue weighted by molar-refractivity contribution is 0.0456. The van der Waals surface area contributed by atoms with Gasteiger partial charge >= 0.3 is 5.97 Å². The number of aromatic nitrogens is 1. The number of hydrogen-bond donors (Lipinski definition) is 1. The molecule has 1 aromatic heterocycles. The highest BCUT2D eigenvalue weighted by atomic mass is 79.9. The Morgan fingerprint density at radius 3 is 2.85 bits per heavy atom. The van der Waals surface area contributed by atoms with Crippen LogP contribution in [0.25, 0.3) is 0 Å². The van der Waals surface area contributed by atoms with E-state index in [0.29, 0.717) is 28.0 Å². The van der Waals surface area contributed by atoms with E-state index in [0.717, 1.165) is 0 Å². The minimum atomic E-state index is -0.522. The average Bonchev–Trinajstić information content (AvgIpc) is 2.78. The summed E-state index contributed by atoms with van der Waals surface area (Å²) >= 11 is 3.17. The van der Waals surface area contributed by atoms with Gasteiger partial charge in [-0.15, -0.1) is 0 Å². The van der Waals surface area contributed by atoms with E-state index in [-0.39, 0.29) is 6.61 Å². The maximum absolute atomic E-state index is 13.6. The fourth-order valence-corrected chi connectivity index (χ4v) is 2.15. The van der Waals surface area contributed by atoms with Gasteiger partial charge in [0.1, 0.15) is 18.1 Å². The van der Waals surface area contributed by atoms with Gasteiger partial charge in [-0.3, -0.25) is 0 Å². The summed E-state index contributed by atoms with van der Waals surface area (Å²) in [4.78, 5) is 12.0. The Kier molecular flexibility index (Phi) is 4.44. The smallest absolute Gasteiger partial charge is 0.355 e. The molecule has 0 atom stereocenters. The molecular weight excluding hydrogens is 327 g/mol. The first-order valence-electron chi connectivity index (χ1n) is 6.08. The molecule has 0 bridgehead atoms. The van der Waals surface area contributed by atoms with Crippen molar-refractivity contribution in [2.24, 2.45) is 0 Å². The zero-order valence-corrected chi connectivity index (χ0v) is 12.5. The van der Waals surface area contributed by atoms with Gasteiger partial charge in [-0.25, -0.2) is 9.18 Å². The third-order valence-electron chi connectivity index (χ3n) is 2.84. The SMILES string of the molecule is CCn1cc(N)cc1C(=O)OCc1ccc(Br)cc1F. The van der Waals surface area contributed by atoms with Gasteiger partial charge in [0.25, 0.3) is 0 Å². The minimum Gasteiger partial charge on any atom is -0.456 e. The van der Waals surface area contributed by atoms with E-state index >= 15 is 0 Å². The van der Waals surface area contributed by atoms with E-state index in [1.165, 1.54) is 6.07 Å². The van der Waals surface area contributed by atoms with Crippen molar-refractivity contribution in [1.29, 1.82) is 0 Å². The van der Waals surface area contributed by atoms with E-state index in [1.54, 1.807) is 29.0 Å². The topological polar surface area (TPSA) is 57.2 Å². The summed E-state index contributed by atoms with van der Waals surface area (Å²) in [5.41, 5.74) is 6.83. The van der Waals surface area contributed by atoms with Crippen LogP contribution in [0.2, 0.25) is 0 Å². The lowest BCUT2D eigenvalue weighted by atomic mass is 10.2. The largest absolute Gasteiger partial charge is 0.456 e. The number of rotatable bonds is 4. The first-order chi connectivity index (χ1) is 9.51. The minimum absolute atomic E-state index is 0.118. The highest BCUT2D eigenvalue weighted by molar-refractivity contribution is 9.10. The van der Waals surface area contributed by atoms with Crippen LogP contribution in [0.5, 0.6) is 0 Å². The van der Waals surface area contributed by atoms with Crippen molar-refractivity contribution in [1.82, 2.24) is 4.57 Å². The monoisotopic (exact) mass is 340 g/mol. The quantitative estimate of drug-likeness (QED) is 0.868. The number of halogens is 2.